The largest absolute Gasteiger partial charge is 0.508 e. The first kappa shape index (κ1) is 15.6. The molecule has 0 bridgehead atoms. The highest BCUT2D eigenvalue weighted by molar-refractivity contribution is 5.51. The van der Waals surface area contributed by atoms with Gasteiger partial charge in [0.25, 0.3) is 0 Å². The van der Waals surface area contributed by atoms with Crippen LogP contribution in [0.15, 0.2) is 48.5 Å². The van der Waals surface area contributed by atoms with E-state index in [4.69, 9.17) is 0 Å². The van der Waals surface area contributed by atoms with Gasteiger partial charge < -0.3 is 5.11 Å². The molecule has 0 unspecified atom stereocenters. The molecule has 0 aliphatic heterocycles. The predicted molar refractivity (Wildman–Crippen MR) is 90.0 cm³/mol. The average molecular weight is 282 g/mol. The summed E-state index contributed by atoms with van der Waals surface area (Å²) in [6.07, 6.45) is 2.19. The molecule has 0 radical (unpaired) electrons. The monoisotopic (exact) mass is 282 g/mol. The molecule has 0 aliphatic carbocycles. The van der Waals surface area contributed by atoms with Crippen LogP contribution in [0.2, 0.25) is 0 Å². The van der Waals surface area contributed by atoms with Crippen LogP contribution < -0.4 is 0 Å². The fourth-order valence-electron chi connectivity index (χ4n) is 3.31. The molecule has 1 heteroatoms. The second-order valence-corrected chi connectivity index (χ2v) is 6.25. The molecule has 2 rings (SSSR count). The molecule has 1 N–H and O–H groups in total. The van der Waals surface area contributed by atoms with Gasteiger partial charge in [0, 0.05) is 11.0 Å². The van der Waals surface area contributed by atoms with Gasteiger partial charge in [-0.25, -0.2) is 0 Å². The molecule has 0 aromatic heterocycles. The Hall–Kier alpha value is -1.76. The number of benzene rings is 2. The lowest BCUT2D eigenvalue weighted by Gasteiger charge is -2.31. The molecule has 0 atom stereocenters. The van der Waals surface area contributed by atoms with E-state index in [0.717, 1.165) is 18.4 Å². The van der Waals surface area contributed by atoms with E-state index in [9.17, 15) is 5.11 Å². The minimum atomic E-state index is -0.204. The zero-order valence-electron chi connectivity index (χ0n) is 13.6. The highest BCUT2D eigenvalue weighted by Gasteiger charge is 2.30. The average Bonchev–Trinajstić information content (AvgIpc) is 2.49. The number of hydrogen-bond donors (Lipinski definition) is 1. The summed E-state index contributed by atoms with van der Waals surface area (Å²) in [5.41, 5.74) is 3.39. The Balaban J connectivity index is 2.62. The van der Waals surface area contributed by atoms with Crippen molar-refractivity contribution in [2.24, 2.45) is 0 Å². The van der Waals surface area contributed by atoms with E-state index in [-0.39, 0.29) is 5.41 Å². The minimum Gasteiger partial charge on any atom is -0.508 e. The summed E-state index contributed by atoms with van der Waals surface area (Å²) in [5.74, 6) is 0.906. The van der Waals surface area contributed by atoms with E-state index in [2.05, 4.69) is 58.0 Å². The normalized spacial score (nSPS) is 11.9. The van der Waals surface area contributed by atoms with Gasteiger partial charge in [0.1, 0.15) is 5.75 Å². The molecule has 2 aromatic rings. The zero-order valence-corrected chi connectivity index (χ0v) is 13.6. The molecule has 0 amide bonds. The molecule has 0 aliphatic rings. The van der Waals surface area contributed by atoms with Gasteiger partial charge in [-0.2, -0.15) is 0 Å². The zero-order chi connectivity index (χ0) is 15.5. The van der Waals surface area contributed by atoms with E-state index < -0.39 is 0 Å². The summed E-state index contributed by atoms with van der Waals surface area (Å²) in [6.45, 7) is 8.83. The SMILES string of the molecule is CCC(CC)c1cccc(O)c1C(C)(C)c1ccccc1. The molecule has 0 saturated heterocycles. The van der Waals surface area contributed by atoms with Gasteiger partial charge in [-0.15, -0.1) is 0 Å². The van der Waals surface area contributed by atoms with Crippen LogP contribution in [0.4, 0.5) is 0 Å². The molecular formula is C20H26O. The first-order valence-electron chi connectivity index (χ1n) is 7.90. The van der Waals surface area contributed by atoms with E-state index in [0.29, 0.717) is 11.7 Å². The van der Waals surface area contributed by atoms with Crippen LogP contribution >= 0.6 is 0 Å². The van der Waals surface area contributed by atoms with Crippen LogP contribution in [-0.2, 0) is 5.41 Å². The van der Waals surface area contributed by atoms with Gasteiger partial charge in [-0.1, -0.05) is 70.2 Å². The van der Waals surface area contributed by atoms with Crippen LogP contribution in [0, 0.1) is 0 Å². The Bertz CT molecular complexity index is 580. The molecule has 112 valence electrons. The van der Waals surface area contributed by atoms with Crippen LogP contribution in [0.5, 0.6) is 5.75 Å². The second-order valence-electron chi connectivity index (χ2n) is 6.25. The van der Waals surface area contributed by atoms with Gasteiger partial charge in [-0.05, 0) is 36.0 Å². The molecule has 1 nitrogen and oxygen atoms in total. The highest BCUT2D eigenvalue weighted by atomic mass is 16.3. The van der Waals surface area contributed by atoms with Crippen molar-refractivity contribution in [2.45, 2.75) is 51.9 Å². The predicted octanol–water partition coefficient (Wildman–Crippen LogP) is 5.62. The van der Waals surface area contributed by atoms with Crippen molar-refractivity contribution in [3.63, 3.8) is 0 Å². The maximum absolute atomic E-state index is 10.5. The summed E-state index contributed by atoms with van der Waals surface area (Å²) in [5, 5.41) is 10.5. The van der Waals surface area contributed by atoms with Gasteiger partial charge in [0.05, 0.1) is 0 Å². The van der Waals surface area contributed by atoms with Crippen molar-refractivity contribution in [2.75, 3.05) is 0 Å². The number of rotatable bonds is 5. The maximum atomic E-state index is 10.5. The Labute approximate surface area is 128 Å². The van der Waals surface area contributed by atoms with Gasteiger partial charge in [0.15, 0.2) is 0 Å². The van der Waals surface area contributed by atoms with Gasteiger partial charge in [0.2, 0.25) is 0 Å². The van der Waals surface area contributed by atoms with E-state index >= 15 is 0 Å². The third-order valence-electron chi connectivity index (χ3n) is 4.62. The van der Waals surface area contributed by atoms with Crippen molar-refractivity contribution in [3.05, 3.63) is 65.2 Å². The lowest BCUT2D eigenvalue weighted by atomic mass is 9.73. The summed E-state index contributed by atoms with van der Waals surface area (Å²) < 4.78 is 0. The summed E-state index contributed by atoms with van der Waals surface area (Å²) >= 11 is 0. The van der Waals surface area contributed by atoms with Crippen LogP contribution in [0.3, 0.4) is 0 Å². The summed E-state index contributed by atoms with van der Waals surface area (Å²) in [7, 11) is 0. The van der Waals surface area contributed by atoms with Crippen LogP contribution in [0.25, 0.3) is 0 Å². The lowest BCUT2D eigenvalue weighted by molar-refractivity contribution is 0.447. The summed E-state index contributed by atoms with van der Waals surface area (Å²) in [4.78, 5) is 0. The number of hydrogen-bond acceptors (Lipinski definition) is 1. The standard InChI is InChI=1S/C20H26O/c1-5-15(6-2)17-13-10-14-18(21)19(17)20(3,4)16-11-8-7-9-12-16/h7-15,21H,5-6H2,1-4H3. The van der Waals surface area contributed by atoms with Gasteiger partial charge in [-0.3, -0.25) is 0 Å². The van der Waals surface area contributed by atoms with Crippen molar-refractivity contribution >= 4 is 0 Å². The fourth-order valence-corrected chi connectivity index (χ4v) is 3.31. The number of phenolic OH excluding ortho intramolecular Hbond substituents is 1. The molecule has 0 fully saturated rings. The molecule has 0 spiro atoms. The van der Waals surface area contributed by atoms with E-state index in [1.165, 1.54) is 11.1 Å². The number of phenols is 1. The van der Waals surface area contributed by atoms with Crippen molar-refractivity contribution in [1.29, 1.82) is 0 Å². The third-order valence-corrected chi connectivity index (χ3v) is 4.62. The quantitative estimate of drug-likeness (QED) is 0.754. The van der Waals surface area contributed by atoms with Crippen molar-refractivity contribution < 1.29 is 5.11 Å². The maximum Gasteiger partial charge on any atom is 0.119 e. The van der Waals surface area contributed by atoms with Crippen molar-refractivity contribution in [1.82, 2.24) is 0 Å². The lowest BCUT2D eigenvalue weighted by Crippen LogP contribution is -2.22. The minimum absolute atomic E-state index is 0.204. The number of aromatic hydroxyl groups is 1. The molecule has 2 aromatic carbocycles. The van der Waals surface area contributed by atoms with Crippen LogP contribution in [0.1, 0.15) is 63.1 Å². The van der Waals surface area contributed by atoms with Crippen LogP contribution in [-0.4, -0.2) is 5.11 Å². The van der Waals surface area contributed by atoms with E-state index in [1.54, 1.807) is 0 Å². The Morgan fingerprint density at radius 1 is 0.905 bits per heavy atom. The first-order valence-corrected chi connectivity index (χ1v) is 7.90. The Kier molecular flexibility index (Phi) is 4.72. The highest BCUT2D eigenvalue weighted by Crippen LogP contribution is 2.42. The molecule has 21 heavy (non-hydrogen) atoms. The Morgan fingerprint density at radius 3 is 2.10 bits per heavy atom. The van der Waals surface area contributed by atoms with E-state index in [1.807, 2.05) is 18.2 Å². The smallest absolute Gasteiger partial charge is 0.119 e. The van der Waals surface area contributed by atoms with Gasteiger partial charge >= 0.3 is 0 Å². The fraction of sp³-hybridized carbons (Fsp3) is 0.400. The van der Waals surface area contributed by atoms with Crippen molar-refractivity contribution in [3.8, 4) is 5.75 Å². The summed E-state index contributed by atoms with van der Waals surface area (Å²) in [6, 6.07) is 16.4. The molecular weight excluding hydrogens is 256 g/mol. The Morgan fingerprint density at radius 2 is 1.52 bits per heavy atom. The topological polar surface area (TPSA) is 20.2 Å². The molecule has 0 heterocycles. The molecule has 0 saturated carbocycles. The first-order chi connectivity index (χ1) is 10.0. The second kappa shape index (κ2) is 6.34. The third kappa shape index (κ3) is 2.97.